The third-order valence-electron chi connectivity index (χ3n) is 4.28. The number of carbonyl (C=O) groups excluding carboxylic acids is 2. The lowest BCUT2D eigenvalue weighted by Gasteiger charge is -2.20. The largest absolute Gasteiger partial charge is 0.494 e. The first kappa shape index (κ1) is 18.8. The zero-order valence-corrected chi connectivity index (χ0v) is 14.5. The summed E-state index contributed by atoms with van der Waals surface area (Å²) in [7, 11) is 1.42. The number of carbonyl (C=O) groups is 2. The van der Waals surface area contributed by atoms with Crippen LogP contribution in [0.25, 0.3) is 0 Å². The van der Waals surface area contributed by atoms with Gasteiger partial charge in [-0.1, -0.05) is 12.1 Å². The highest BCUT2D eigenvalue weighted by Gasteiger charge is 2.35. The topological polar surface area (TPSA) is 58.6 Å². The van der Waals surface area contributed by atoms with Crippen molar-refractivity contribution in [3.05, 3.63) is 53.6 Å². The van der Waals surface area contributed by atoms with Gasteiger partial charge in [0.1, 0.15) is 5.75 Å². The summed E-state index contributed by atoms with van der Waals surface area (Å²) in [6.07, 6.45) is -3.43. The fourth-order valence-electron chi connectivity index (χ4n) is 3.01. The number of nitrogens with zero attached hydrogens (tertiary/aromatic N) is 1. The van der Waals surface area contributed by atoms with Gasteiger partial charge in [-0.05, 0) is 30.7 Å². The van der Waals surface area contributed by atoms with Crippen LogP contribution in [0.1, 0.15) is 28.8 Å². The van der Waals surface area contributed by atoms with Crippen molar-refractivity contribution in [1.29, 1.82) is 0 Å². The minimum atomic E-state index is -4.63. The summed E-state index contributed by atoms with van der Waals surface area (Å²) in [4.78, 5) is 25.9. The van der Waals surface area contributed by atoms with Crippen molar-refractivity contribution in [1.82, 2.24) is 0 Å². The van der Waals surface area contributed by atoms with E-state index in [-0.39, 0.29) is 11.6 Å². The molecule has 2 aromatic rings. The lowest BCUT2D eigenvalue weighted by Crippen LogP contribution is -2.24. The van der Waals surface area contributed by atoms with E-state index in [2.05, 4.69) is 5.32 Å². The van der Waals surface area contributed by atoms with Gasteiger partial charge in [0.05, 0.1) is 23.9 Å². The number of anilines is 2. The molecule has 5 nitrogen and oxygen atoms in total. The van der Waals surface area contributed by atoms with Gasteiger partial charge in [0.25, 0.3) is 5.91 Å². The molecule has 0 spiro atoms. The number of hydrogen-bond acceptors (Lipinski definition) is 3. The van der Waals surface area contributed by atoms with Gasteiger partial charge in [-0.25, -0.2) is 0 Å². The molecule has 142 valence electrons. The summed E-state index contributed by atoms with van der Waals surface area (Å²) in [6, 6.07) is 9.18. The predicted octanol–water partition coefficient (Wildman–Crippen LogP) is 4.09. The zero-order chi connectivity index (χ0) is 19.6. The number of alkyl halides is 3. The molecule has 8 heteroatoms. The third kappa shape index (κ3) is 3.89. The van der Waals surface area contributed by atoms with Crippen LogP contribution in [0.4, 0.5) is 24.5 Å². The van der Waals surface area contributed by atoms with Crippen LogP contribution in [0.3, 0.4) is 0 Å². The van der Waals surface area contributed by atoms with Crippen molar-refractivity contribution in [3.63, 3.8) is 0 Å². The molecule has 1 aliphatic heterocycles. The molecule has 1 heterocycles. The van der Waals surface area contributed by atoms with Crippen LogP contribution in [-0.4, -0.2) is 25.5 Å². The van der Waals surface area contributed by atoms with Gasteiger partial charge >= 0.3 is 6.18 Å². The maximum Gasteiger partial charge on any atom is 0.417 e. The van der Waals surface area contributed by atoms with E-state index in [0.29, 0.717) is 24.4 Å². The molecule has 1 fully saturated rings. The third-order valence-corrected chi connectivity index (χ3v) is 4.28. The molecule has 2 amide bonds. The summed E-state index contributed by atoms with van der Waals surface area (Å²) in [5, 5.41) is 2.45. The lowest BCUT2D eigenvalue weighted by atomic mass is 10.1. The van der Waals surface area contributed by atoms with E-state index >= 15 is 0 Å². The fraction of sp³-hybridized carbons (Fsp3) is 0.263. The zero-order valence-electron chi connectivity index (χ0n) is 14.5. The van der Waals surface area contributed by atoms with Crippen LogP contribution in [-0.2, 0) is 11.0 Å². The molecule has 27 heavy (non-hydrogen) atoms. The standard InChI is InChI=1S/C19H17F3N2O3/c1-27-16-11-12(8-9-15(16)24-10-4-7-17(24)25)23-18(26)13-5-2-3-6-14(13)19(20,21)22/h2-3,5-6,8-9,11H,4,7,10H2,1H3,(H,23,26). The van der Waals surface area contributed by atoms with Crippen molar-refractivity contribution in [2.75, 3.05) is 23.9 Å². The van der Waals surface area contributed by atoms with Crippen molar-refractivity contribution in [2.45, 2.75) is 19.0 Å². The van der Waals surface area contributed by atoms with E-state index in [9.17, 15) is 22.8 Å². The minimum absolute atomic E-state index is 0.0239. The maximum absolute atomic E-state index is 13.1. The first-order valence-corrected chi connectivity index (χ1v) is 8.27. The molecule has 0 radical (unpaired) electrons. The minimum Gasteiger partial charge on any atom is -0.494 e. The average molecular weight is 378 g/mol. The molecule has 0 bridgehead atoms. The van der Waals surface area contributed by atoms with Crippen molar-refractivity contribution in [2.24, 2.45) is 0 Å². The van der Waals surface area contributed by atoms with Gasteiger partial charge in [0.15, 0.2) is 0 Å². The van der Waals surface area contributed by atoms with Crippen molar-refractivity contribution >= 4 is 23.2 Å². The molecule has 1 N–H and O–H groups in total. The second-order valence-corrected chi connectivity index (χ2v) is 6.03. The molecule has 3 rings (SSSR count). The highest BCUT2D eigenvalue weighted by atomic mass is 19.4. The molecule has 1 saturated heterocycles. The summed E-state index contributed by atoms with van der Waals surface area (Å²) in [5.41, 5.74) is -0.644. The number of hydrogen-bond donors (Lipinski definition) is 1. The smallest absolute Gasteiger partial charge is 0.417 e. The van der Waals surface area contributed by atoms with Gasteiger partial charge < -0.3 is 15.0 Å². The van der Waals surface area contributed by atoms with E-state index < -0.39 is 23.2 Å². The van der Waals surface area contributed by atoms with Gasteiger partial charge in [-0.2, -0.15) is 13.2 Å². The summed E-state index contributed by atoms with van der Waals surface area (Å²) >= 11 is 0. The lowest BCUT2D eigenvalue weighted by molar-refractivity contribution is -0.137. The summed E-state index contributed by atoms with van der Waals surface area (Å²) < 4.78 is 44.6. The van der Waals surface area contributed by atoms with E-state index in [4.69, 9.17) is 4.74 Å². The summed E-state index contributed by atoms with van der Waals surface area (Å²) in [6.45, 7) is 0.569. The van der Waals surface area contributed by atoms with Crippen LogP contribution in [0, 0.1) is 0 Å². The second kappa shape index (κ2) is 7.30. The van der Waals surface area contributed by atoms with E-state index in [1.54, 1.807) is 11.0 Å². The molecular weight excluding hydrogens is 361 g/mol. The Balaban J connectivity index is 1.86. The van der Waals surface area contributed by atoms with E-state index in [1.807, 2.05) is 0 Å². The second-order valence-electron chi connectivity index (χ2n) is 6.03. The Hall–Kier alpha value is -3.03. The number of rotatable bonds is 4. The molecule has 0 atom stereocenters. The van der Waals surface area contributed by atoms with Crippen molar-refractivity contribution < 1.29 is 27.5 Å². The molecule has 2 aromatic carbocycles. The molecule has 1 aliphatic rings. The van der Waals surface area contributed by atoms with Crippen LogP contribution < -0.4 is 15.0 Å². The van der Waals surface area contributed by atoms with E-state index in [0.717, 1.165) is 18.6 Å². The Bertz CT molecular complexity index is 881. The van der Waals surface area contributed by atoms with Gasteiger partial charge in [-0.3, -0.25) is 9.59 Å². The number of methoxy groups -OCH3 is 1. The SMILES string of the molecule is COc1cc(NC(=O)c2ccccc2C(F)(F)F)ccc1N1CCCC1=O. The van der Waals surface area contributed by atoms with Crippen LogP contribution in [0.5, 0.6) is 5.75 Å². The Morgan fingerprint density at radius 3 is 2.56 bits per heavy atom. The average Bonchev–Trinajstić information content (AvgIpc) is 3.06. The Morgan fingerprint density at radius 2 is 1.93 bits per heavy atom. The van der Waals surface area contributed by atoms with Crippen LogP contribution in [0.15, 0.2) is 42.5 Å². The molecule has 0 aromatic heterocycles. The molecular formula is C19H17F3N2O3. The molecule has 0 saturated carbocycles. The fourth-order valence-corrected chi connectivity index (χ4v) is 3.01. The number of nitrogens with one attached hydrogen (secondary N) is 1. The quantitative estimate of drug-likeness (QED) is 0.872. The normalized spacial score (nSPS) is 14.4. The van der Waals surface area contributed by atoms with Gasteiger partial charge in [0.2, 0.25) is 5.91 Å². The Labute approximate surface area is 153 Å². The van der Waals surface area contributed by atoms with E-state index in [1.165, 1.54) is 31.4 Å². The van der Waals surface area contributed by atoms with Crippen LogP contribution in [0.2, 0.25) is 0 Å². The Kier molecular flexibility index (Phi) is 5.07. The predicted molar refractivity (Wildman–Crippen MR) is 94.0 cm³/mol. The van der Waals surface area contributed by atoms with Gasteiger partial charge in [0, 0.05) is 24.7 Å². The number of ether oxygens (including phenoxy) is 1. The number of halogens is 3. The molecule has 0 aliphatic carbocycles. The van der Waals surface area contributed by atoms with Gasteiger partial charge in [-0.15, -0.1) is 0 Å². The van der Waals surface area contributed by atoms with Crippen LogP contribution >= 0.6 is 0 Å². The maximum atomic E-state index is 13.1. The molecule has 0 unspecified atom stereocenters. The van der Waals surface area contributed by atoms with Crippen molar-refractivity contribution in [3.8, 4) is 5.75 Å². The highest BCUT2D eigenvalue weighted by Crippen LogP contribution is 2.35. The Morgan fingerprint density at radius 1 is 1.19 bits per heavy atom. The first-order valence-electron chi connectivity index (χ1n) is 8.27. The first-order chi connectivity index (χ1) is 12.8. The highest BCUT2D eigenvalue weighted by molar-refractivity contribution is 6.06. The summed E-state index contributed by atoms with van der Waals surface area (Å²) in [5.74, 6) is -0.550. The monoisotopic (exact) mass is 378 g/mol. The number of benzene rings is 2. The number of amides is 2.